The Hall–Kier alpha value is -0.740. The van der Waals surface area contributed by atoms with E-state index < -0.39 is 18.2 Å². The van der Waals surface area contributed by atoms with Crippen LogP contribution in [0.15, 0.2) is 0 Å². The van der Waals surface area contributed by atoms with Crippen molar-refractivity contribution in [3.63, 3.8) is 0 Å². The summed E-state index contributed by atoms with van der Waals surface area (Å²) in [5.74, 6) is -1.47. The lowest BCUT2D eigenvalue weighted by atomic mass is 9.75. The first-order valence-electron chi connectivity index (χ1n) is 5.99. The van der Waals surface area contributed by atoms with Crippen molar-refractivity contribution in [2.24, 2.45) is 17.8 Å². The Bertz CT molecular complexity index is 273. The number of halogens is 3. The SMILES string of the molecule is CC(C)[C@@H]1CC[C@H](C)C[C@@H]1OC(=O)C(F)(F)F. The quantitative estimate of drug-likeness (QED) is 0.702. The van der Waals surface area contributed by atoms with Gasteiger partial charge in [0, 0.05) is 0 Å². The second-order valence-corrected chi connectivity index (χ2v) is 5.27. The van der Waals surface area contributed by atoms with Crippen LogP contribution in [0.2, 0.25) is 0 Å². The fraction of sp³-hybridized carbons (Fsp3) is 0.917. The number of rotatable bonds is 2. The molecule has 1 saturated carbocycles. The van der Waals surface area contributed by atoms with Gasteiger partial charge in [0.25, 0.3) is 0 Å². The second-order valence-electron chi connectivity index (χ2n) is 5.27. The first-order valence-corrected chi connectivity index (χ1v) is 5.99. The zero-order chi connectivity index (χ0) is 13.2. The molecule has 1 aliphatic rings. The maximum Gasteiger partial charge on any atom is 0.490 e. The predicted octanol–water partition coefficient (Wildman–Crippen LogP) is 3.55. The fourth-order valence-electron chi connectivity index (χ4n) is 2.45. The highest BCUT2D eigenvalue weighted by Crippen LogP contribution is 2.36. The van der Waals surface area contributed by atoms with E-state index in [4.69, 9.17) is 0 Å². The highest BCUT2D eigenvalue weighted by molar-refractivity contribution is 5.75. The van der Waals surface area contributed by atoms with Gasteiger partial charge < -0.3 is 4.74 Å². The van der Waals surface area contributed by atoms with Crippen molar-refractivity contribution in [3.05, 3.63) is 0 Å². The van der Waals surface area contributed by atoms with Crippen molar-refractivity contribution in [3.8, 4) is 0 Å². The van der Waals surface area contributed by atoms with E-state index in [2.05, 4.69) is 4.74 Å². The highest BCUT2D eigenvalue weighted by Gasteiger charge is 2.44. The van der Waals surface area contributed by atoms with Crippen LogP contribution in [0.1, 0.15) is 40.0 Å². The van der Waals surface area contributed by atoms with Crippen LogP contribution in [-0.4, -0.2) is 18.2 Å². The summed E-state index contributed by atoms with van der Waals surface area (Å²) in [6, 6.07) is 0. The molecule has 2 nitrogen and oxygen atoms in total. The third-order valence-corrected chi connectivity index (χ3v) is 3.45. The van der Waals surface area contributed by atoms with Crippen LogP contribution < -0.4 is 0 Å². The Morgan fingerprint density at radius 1 is 1.29 bits per heavy atom. The third-order valence-electron chi connectivity index (χ3n) is 3.45. The van der Waals surface area contributed by atoms with Gasteiger partial charge in [0.15, 0.2) is 0 Å². The Labute approximate surface area is 99.5 Å². The Morgan fingerprint density at radius 3 is 2.35 bits per heavy atom. The van der Waals surface area contributed by atoms with Crippen molar-refractivity contribution in [1.29, 1.82) is 0 Å². The highest BCUT2D eigenvalue weighted by atomic mass is 19.4. The normalized spacial score (nSPS) is 30.4. The summed E-state index contributed by atoms with van der Waals surface area (Å²) in [6.45, 7) is 5.88. The molecule has 0 aromatic heterocycles. The van der Waals surface area contributed by atoms with Crippen molar-refractivity contribution in [1.82, 2.24) is 0 Å². The lowest BCUT2D eigenvalue weighted by molar-refractivity contribution is -0.210. The van der Waals surface area contributed by atoms with Crippen molar-refractivity contribution in [2.45, 2.75) is 52.3 Å². The van der Waals surface area contributed by atoms with E-state index in [9.17, 15) is 18.0 Å². The van der Waals surface area contributed by atoms with Gasteiger partial charge in [0.05, 0.1) is 0 Å². The van der Waals surface area contributed by atoms with Gasteiger partial charge in [-0.2, -0.15) is 13.2 Å². The van der Waals surface area contributed by atoms with Gasteiger partial charge in [-0.15, -0.1) is 0 Å². The molecule has 0 heterocycles. The molecule has 1 aliphatic carbocycles. The molecule has 0 unspecified atom stereocenters. The fourth-order valence-corrected chi connectivity index (χ4v) is 2.45. The minimum atomic E-state index is -4.89. The van der Waals surface area contributed by atoms with E-state index >= 15 is 0 Å². The summed E-state index contributed by atoms with van der Waals surface area (Å²) in [6.07, 6.45) is -3.13. The average Bonchev–Trinajstić information content (AvgIpc) is 2.15. The van der Waals surface area contributed by atoms with Crippen molar-refractivity contribution >= 4 is 5.97 Å². The average molecular weight is 252 g/mol. The van der Waals surface area contributed by atoms with Crippen molar-refractivity contribution in [2.75, 3.05) is 0 Å². The number of esters is 1. The number of alkyl halides is 3. The largest absolute Gasteiger partial charge is 0.490 e. The molecule has 0 spiro atoms. The molecule has 100 valence electrons. The molecule has 17 heavy (non-hydrogen) atoms. The zero-order valence-corrected chi connectivity index (χ0v) is 10.4. The van der Waals surface area contributed by atoms with E-state index in [1.807, 2.05) is 20.8 Å². The Morgan fingerprint density at radius 2 is 1.88 bits per heavy atom. The number of hydrogen-bond acceptors (Lipinski definition) is 2. The monoisotopic (exact) mass is 252 g/mol. The van der Waals surface area contributed by atoms with E-state index in [0.717, 1.165) is 12.8 Å². The van der Waals surface area contributed by atoms with Gasteiger partial charge in [0.1, 0.15) is 6.10 Å². The van der Waals surface area contributed by atoms with Crippen LogP contribution in [0.4, 0.5) is 13.2 Å². The van der Waals surface area contributed by atoms with E-state index in [-0.39, 0.29) is 11.8 Å². The lowest BCUT2D eigenvalue weighted by Gasteiger charge is -2.36. The molecular formula is C12H19F3O2. The minimum absolute atomic E-state index is 0.0394. The van der Waals surface area contributed by atoms with Crippen LogP contribution in [0, 0.1) is 17.8 Å². The number of hydrogen-bond donors (Lipinski definition) is 0. The number of carbonyl (C=O) groups excluding carboxylic acids is 1. The Balaban J connectivity index is 2.67. The molecule has 0 radical (unpaired) electrons. The molecule has 5 heteroatoms. The van der Waals surface area contributed by atoms with Crippen LogP contribution in [0.25, 0.3) is 0 Å². The molecule has 0 N–H and O–H groups in total. The summed E-state index contributed by atoms with van der Waals surface area (Å²) in [7, 11) is 0. The molecule has 0 aliphatic heterocycles. The van der Waals surface area contributed by atoms with Gasteiger partial charge in [0.2, 0.25) is 0 Å². The second kappa shape index (κ2) is 5.27. The van der Waals surface area contributed by atoms with Gasteiger partial charge in [-0.1, -0.05) is 27.2 Å². The summed E-state index contributed by atoms with van der Waals surface area (Å²) in [4.78, 5) is 10.9. The molecule has 0 saturated heterocycles. The molecule has 0 aromatic carbocycles. The van der Waals surface area contributed by atoms with Gasteiger partial charge >= 0.3 is 12.1 Å². The van der Waals surface area contributed by atoms with E-state index in [1.54, 1.807) is 0 Å². The standard InChI is InChI=1S/C12H19F3O2/c1-7(2)9-5-4-8(3)6-10(9)17-11(16)12(13,14)15/h7-10H,4-6H2,1-3H3/t8-,9-,10-/m0/s1. The first-order chi connectivity index (χ1) is 7.71. The van der Waals surface area contributed by atoms with E-state index in [0.29, 0.717) is 12.3 Å². The van der Waals surface area contributed by atoms with Gasteiger partial charge in [-0.05, 0) is 30.6 Å². The topological polar surface area (TPSA) is 26.3 Å². The summed E-state index contributed by atoms with van der Waals surface area (Å²) in [5.41, 5.74) is 0. The maximum absolute atomic E-state index is 12.2. The van der Waals surface area contributed by atoms with E-state index in [1.165, 1.54) is 0 Å². The molecule has 0 bridgehead atoms. The van der Waals surface area contributed by atoms with Gasteiger partial charge in [-0.25, -0.2) is 4.79 Å². The van der Waals surface area contributed by atoms with Crippen LogP contribution in [-0.2, 0) is 9.53 Å². The van der Waals surface area contributed by atoms with Crippen LogP contribution in [0.5, 0.6) is 0 Å². The first kappa shape index (κ1) is 14.3. The molecule has 1 rings (SSSR count). The lowest BCUT2D eigenvalue weighted by Crippen LogP contribution is -2.39. The zero-order valence-electron chi connectivity index (χ0n) is 10.4. The van der Waals surface area contributed by atoms with Gasteiger partial charge in [-0.3, -0.25) is 0 Å². The molecule has 0 aromatic rings. The predicted molar refractivity (Wildman–Crippen MR) is 57.3 cm³/mol. The Kier molecular flexibility index (Phi) is 4.44. The maximum atomic E-state index is 12.2. The van der Waals surface area contributed by atoms with Crippen LogP contribution >= 0.6 is 0 Å². The van der Waals surface area contributed by atoms with Crippen molar-refractivity contribution < 1.29 is 22.7 Å². The summed E-state index contributed by atoms with van der Waals surface area (Å²) in [5, 5.41) is 0. The summed E-state index contributed by atoms with van der Waals surface area (Å²) < 4.78 is 41.1. The molecule has 1 fully saturated rings. The number of ether oxygens (including phenoxy) is 1. The minimum Gasteiger partial charge on any atom is -0.455 e. The molecule has 0 amide bonds. The molecule has 3 atom stereocenters. The summed E-state index contributed by atoms with van der Waals surface area (Å²) >= 11 is 0. The smallest absolute Gasteiger partial charge is 0.455 e. The molecular weight excluding hydrogens is 233 g/mol. The number of carbonyl (C=O) groups is 1. The van der Waals surface area contributed by atoms with Crippen LogP contribution in [0.3, 0.4) is 0 Å². The third kappa shape index (κ3) is 3.89.